The fraction of sp³-hybridized carbons (Fsp3) is 0.333. The van der Waals surface area contributed by atoms with E-state index < -0.39 is 5.82 Å². The first-order valence-electron chi connectivity index (χ1n) is 10.5. The number of thioether (sulfide) groups is 1. The van der Waals surface area contributed by atoms with E-state index >= 15 is 0 Å². The average molecular weight is 486 g/mol. The number of aromatic nitrogens is 6. The van der Waals surface area contributed by atoms with Crippen molar-refractivity contribution in [2.75, 3.05) is 11.1 Å². The van der Waals surface area contributed by atoms with Crippen molar-refractivity contribution in [3.63, 3.8) is 0 Å². The van der Waals surface area contributed by atoms with Crippen LogP contribution in [-0.2, 0) is 23.4 Å². The van der Waals surface area contributed by atoms with Gasteiger partial charge in [-0.1, -0.05) is 0 Å². The predicted molar refractivity (Wildman–Crippen MR) is 126 cm³/mol. The minimum atomic E-state index is -0.501. The topological polar surface area (TPSA) is 118 Å². The van der Waals surface area contributed by atoms with Crippen LogP contribution in [0.3, 0.4) is 0 Å². The number of fused-ring (bicyclic) bond motifs is 3. The van der Waals surface area contributed by atoms with Gasteiger partial charge in [0, 0.05) is 10.6 Å². The Morgan fingerprint density at radius 1 is 1.33 bits per heavy atom. The van der Waals surface area contributed by atoms with Gasteiger partial charge < -0.3 is 10.3 Å². The van der Waals surface area contributed by atoms with Gasteiger partial charge in [-0.25, -0.2) is 9.37 Å². The molecule has 12 heteroatoms. The van der Waals surface area contributed by atoms with Crippen LogP contribution in [0.2, 0.25) is 0 Å². The predicted octanol–water partition coefficient (Wildman–Crippen LogP) is 3.16. The molecule has 1 aliphatic carbocycles. The lowest BCUT2D eigenvalue weighted by molar-refractivity contribution is -0.113. The Labute approximate surface area is 195 Å². The molecule has 170 valence electrons. The van der Waals surface area contributed by atoms with Gasteiger partial charge in [-0.3, -0.25) is 9.59 Å². The molecule has 1 aliphatic rings. The quantitative estimate of drug-likeness (QED) is 0.431. The number of anilines is 1. The van der Waals surface area contributed by atoms with Crippen molar-refractivity contribution >= 4 is 44.9 Å². The van der Waals surface area contributed by atoms with E-state index in [0.717, 1.165) is 41.5 Å². The molecule has 33 heavy (non-hydrogen) atoms. The number of hydrogen-bond acceptors (Lipinski definition) is 8. The summed E-state index contributed by atoms with van der Waals surface area (Å²) in [6.45, 7) is 1.66. The summed E-state index contributed by atoms with van der Waals surface area (Å²) in [5.41, 5.74) is 1.64. The maximum Gasteiger partial charge on any atom is 0.259 e. The van der Waals surface area contributed by atoms with Gasteiger partial charge in [0.2, 0.25) is 5.91 Å². The lowest BCUT2D eigenvalue weighted by Crippen LogP contribution is -2.16. The zero-order chi connectivity index (χ0) is 22.9. The fourth-order valence-corrected chi connectivity index (χ4v) is 5.89. The van der Waals surface area contributed by atoms with Crippen molar-refractivity contribution < 1.29 is 9.18 Å². The molecule has 0 spiro atoms. The van der Waals surface area contributed by atoms with Crippen molar-refractivity contribution in [2.24, 2.45) is 0 Å². The molecule has 0 fully saturated rings. The number of thiophene rings is 1. The monoisotopic (exact) mass is 485 g/mol. The van der Waals surface area contributed by atoms with E-state index in [2.05, 4.69) is 30.8 Å². The van der Waals surface area contributed by atoms with Gasteiger partial charge in [-0.05, 0) is 66.8 Å². The lowest BCUT2D eigenvalue weighted by Gasteiger charge is -2.09. The van der Waals surface area contributed by atoms with Crippen molar-refractivity contribution in [3.05, 3.63) is 56.5 Å². The van der Waals surface area contributed by atoms with Gasteiger partial charge in [0.25, 0.3) is 5.56 Å². The third-order valence-corrected chi connectivity index (χ3v) is 7.56. The summed E-state index contributed by atoms with van der Waals surface area (Å²) in [4.78, 5) is 34.6. The average Bonchev–Trinajstić information content (AvgIpc) is 3.38. The zero-order valence-corrected chi connectivity index (χ0v) is 19.4. The summed E-state index contributed by atoms with van der Waals surface area (Å²) in [5, 5.41) is 14.5. The summed E-state index contributed by atoms with van der Waals surface area (Å²) in [7, 11) is 0. The van der Waals surface area contributed by atoms with Crippen molar-refractivity contribution in [2.45, 2.75) is 38.4 Å². The zero-order valence-electron chi connectivity index (χ0n) is 17.7. The van der Waals surface area contributed by atoms with Crippen molar-refractivity contribution in [1.29, 1.82) is 0 Å². The highest BCUT2D eigenvalue weighted by molar-refractivity contribution is 7.99. The van der Waals surface area contributed by atoms with Crippen molar-refractivity contribution in [1.82, 2.24) is 30.2 Å². The van der Waals surface area contributed by atoms with Crippen LogP contribution in [-0.4, -0.2) is 41.8 Å². The number of benzene rings is 1. The Bertz CT molecular complexity index is 1410. The minimum Gasteiger partial charge on any atom is -0.325 e. The van der Waals surface area contributed by atoms with Gasteiger partial charge >= 0.3 is 0 Å². The first-order chi connectivity index (χ1) is 16.0. The van der Waals surface area contributed by atoms with Gasteiger partial charge in [-0.15, -0.1) is 28.2 Å². The molecular formula is C21H20FN7O2S2. The molecule has 5 rings (SSSR count). The van der Waals surface area contributed by atoms with Crippen LogP contribution < -0.4 is 10.9 Å². The van der Waals surface area contributed by atoms with E-state index in [-0.39, 0.29) is 22.9 Å². The Morgan fingerprint density at radius 3 is 3.00 bits per heavy atom. The van der Waals surface area contributed by atoms with E-state index in [1.807, 2.05) is 0 Å². The molecular weight excluding hydrogens is 465 g/mol. The normalized spacial score (nSPS) is 13.3. The van der Waals surface area contributed by atoms with Gasteiger partial charge in [0.1, 0.15) is 22.2 Å². The summed E-state index contributed by atoms with van der Waals surface area (Å²) in [6.07, 6.45) is 4.21. The smallest absolute Gasteiger partial charge is 0.259 e. The molecule has 0 unspecified atom stereocenters. The molecule has 0 saturated carbocycles. The van der Waals surface area contributed by atoms with Gasteiger partial charge in [0.05, 0.1) is 16.9 Å². The first kappa shape index (κ1) is 21.7. The molecule has 9 nitrogen and oxygen atoms in total. The molecule has 0 saturated heterocycles. The Kier molecular flexibility index (Phi) is 5.94. The number of H-pyrrole nitrogens is 1. The highest BCUT2D eigenvalue weighted by atomic mass is 32.2. The number of rotatable bonds is 6. The maximum atomic E-state index is 14.2. The number of amides is 1. The second kappa shape index (κ2) is 9.02. The Hall–Kier alpha value is -3.12. The molecule has 0 radical (unpaired) electrons. The van der Waals surface area contributed by atoms with Gasteiger partial charge in [0.15, 0.2) is 5.82 Å². The fourth-order valence-electron chi connectivity index (χ4n) is 3.92. The number of carbonyl (C=O) groups excluding carboxylic acids is 1. The third kappa shape index (κ3) is 4.40. The summed E-state index contributed by atoms with van der Waals surface area (Å²) >= 11 is 2.95. The third-order valence-electron chi connectivity index (χ3n) is 5.43. The van der Waals surface area contributed by atoms with Crippen LogP contribution in [0.4, 0.5) is 10.1 Å². The lowest BCUT2D eigenvalue weighted by atomic mass is 9.97. The molecule has 3 aromatic heterocycles. The highest BCUT2D eigenvalue weighted by Gasteiger charge is 2.20. The SMILES string of the molecule is Cc1nnnn1-c1cc(NC(=O)CSCc2nc3sc4c(c3c(=O)[nH]2)CCCC4)ccc1F. The number of tetrazole rings is 1. The van der Waals surface area contributed by atoms with Crippen LogP contribution in [0.5, 0.6) is 0 Å². The largest absolute Gasteiger partial charge is 0.325 e. The van der Waals surface area contributed by atoms with E-state index in [9.17, 15) is 14.0 Å². The number of aryl methyl sites for hydroxylation is 3. The standard InChI is InChI=1S/C21H20FN7O2S2/c1-11-26-27-28-29(11)15-8-12(6-7-14(15)22)23-18(30)10-32-9-17-24-20(31)19-13-4-2-3-5-16(13)33-21(19)25-17/h6-8H,2-5,9-10H2,1H3,(H,23,30)(H,24,25,31). The number of carbonyl (C=O) groups is 1. The number of nitrogens with one attached hydrogen (secondary N) is 2. The molecule has 1 amide bonds. The van der Waals surface area contributed by atoms with E-state index in [0.29, 0.717) is 23.1 Å². The number of nitrogens with zero attached hydrogens (tertiary/aromatic N) is 5. The van der Waals surface area contributed by atoms with E-state index in [1.54, 1.807) is 18.3 Å². The maximum absolute atomic E-state index is 14.2. The minimum absolute atomic E-state index is 0.101. The van der Waals surface area contributed by atoms with Crippen molar-refractivity contribution in [3.8, 4) is 5.69 Å². The molecule has 3 heterocycles. The van der Waals surface area contributed by atoms with Crippen LogP contribution in [0.1, 0.15) is 34.9 Å². The molecule has 0 atom stereocenters. The van der Waals surface area contributed by atoms with Crippen LogP contribution in [0.25, 0.3) is 15.9 Å². The van der Waals surface area contributed by atoms with Gasteiger partial charge in [-0.2, -0.15) is 4.68 Å². The number of hydrogen-bond donors (Lipinski definition) is 2. The first-order valence-corrected chi connectivity index (χ1v) is 12.4. The second-order valence-electron chi connectivity index (χ2n) is 7.75. The molecule has 4 aromatic rings. The number of aromatic amines is 1. The van der Waals surface area contributed by atoms with Crippen LogP contribution in [0.15, 0.2) is 23.0 Å². The summed E-state index contributed by atoms with van der Waals surface area (Å²) < 4.78 is 15.5. The highest BCUT2D eigenvalue weighted by Crippen LogP contribution is 2.33. The molecule has 1 aromatic carbocycles. The summed E-state index contributed by atoms with van der Waals surface area (Å²) in [5.74, 6) is 0.790. The molecule has 0 aliphatic heterocycles. The second-order valence-corrected chi connectivity index (χ2v) is 9.82. The van der Waals surface area contributed by atoms with E-state index in [4.69, 9.17) is 0 Å². The van der Waals surface area contributed by atoms with Crippen LogP contribution >= 0.6 is 23.1 Å². The van der Waals surface area contributed by atoms with Crippen LogP contribution in [0, 0.1) is 12.7 Å². The number of halogens is 1. The van der Waals surface area contributed by atoms with E-state index in [1.165, 1.54) is 39.5 Å². The summed E-state index contributed by atoms with van der Waals surface area (Å²) in [6, 6.07) is 4.21. The molecule has 0 bridgehead atoms. The molecule has 2 N–H and O–H groups in total. The Balaban J connectivity index is 1.23. The Morgan fingerprint density at radius 2 is 2.18 bits per heavy atom.